The Balaban J connectivity index is 1.20. The zero-order valence-corrected chi connectivity index (χ0v) is 21.4. The van der Waals surface area contributed by atoms with Gasteiger partial charge in [0.2, 0.25) is 0 Å². The standard InChI is InChI=1S/C21H24N9O9P/c22-16-12-18(25-5-23-16)29(7-27-12)20-13(31)8-1-2-10-14(32)15(39-40(34,35)36-4-11(8)38-20)21(37-10)30-17-9(3-28-30)19(33)26-6-24-17/h3,5-8,10-11,13-15,20-21,31-32H,1-2,4H2,(H,34,35)(H2,22,23,25)(H,24,26,33)/t8-,10?,11-,13-,14-,15-,20-,21-/m1/s1. The van der Waals surface area contributed by atoms with Gasteiger partial charge < -0.3 is 35.3 Å². The van der Waals surface area contributed by atoms with E-state index in [1.54, 1.807) is 0 Å². The van der Waals surface area contributed by atoms with Gasteiger partial charge in [0.1, 0.15) is 35.5 Å². The summed E-state index contributed by atoms with van der Waals surface area (Å²) in [5, 5.41) is 26.7. The van der Waals surface area contributed by atoms with Gasteiger partial charge in [-0.15, -0.1) is 0 Å². The summed E-state index contributed by atoms with van der Waals surface area (Å²) in [5.41, 5.74) is 6.25. The van der Waals surface area contributed by atoms with Gasteiger partial charge in [0, 0.05) is 5.92 Å². The molecule has 19 heteroatoms. The zero-order chi connectivity index (χ0) is 27.8. The van der Waals surface area contributed by atoms with Crippen molar-refractivity contribution in [2.24, 2.45) is 5.92 Å². The number of H-pyrrole nitrogens is 1. The Kier molecular flexibility index (Phi) is 5.99. The van der Waals surface area contributed by atoms with Gasteiger partial charge in [0.15, 0.2) is 29.6 Å². The molecule has 0 spiro atoms. The fraction of sp³-hybridized carbons (Fsp3) is 0.524. The first-order valence-electron chi connectivity index (χ1n) is 12.4. The average molecular weight is 577 g/mol. The number of anilines is 1. The summed E-state index contributed by atoms with van der Waals surface area (Å²) in [5.74, 6) is -0.437. The minimum absolute atomic E-state index is 0.135. The number of aromatic nitrogens is 8. The van der Waals surface area contributed by atoms with Crippen molar-refractivity contribution in [3.05, 3.63) is 35.5 Å². The monoisotopic (exact) mass is 577 g/mol. The van der Waals surface area contributed by atoms with Gasteiger partial charge in [0.25, 0.3) is 5.56 Å². The molecule has 0 aliphatic carbocycles. The van der Waals surface area contributed by atoms with Crippen LogP contribution in [0.3, 0.4) is 0 Å². The molecule has 4 aromatic heterocycles. The lowest BCUT2D eigenvalue weighted by molar-refractivity contribution is -0.0628. The molecule has 0 aromatic carbocycles. The number of imidazole rings is 1. The van der Waals surface area contributed by atoms with Crippen LogP contribution in [0.2, 0.25) is 0 Å². The van der Waals surface area contributed by atoms with E-state index in [4.69, 9.17) is 24.3 Å². The SMILES string of the molecule is Nc1ncnc2c1ncn2[C@@H]1O[C@@H]2COP(=O)(O)O[C@@H]3[C@H](O)C(CC[C@H]2[C@H]1O)O[C@H]3n1ncc2c(=O)[nH]cnc21. The van der Waals surface area contributed by atoms with E-state index in [0.29, 0.717) is 11.2 Å². The number of ether oxygens (including phenoxy) is 2. The molecule has 0 saturated carbocycles. The number of nitrogens with zero attached hydrogens (tertiary/aromatic N) is 7. The van der Waals surface area contributed by atoms with E-state index in [1.807, 2.05) is 0 Å². The fourth-order valence-electron chi connectivity index (χ4n) is 5.63. The van der Waals surface area contributed by atoms with E-state index in [-0.39, 0.29) is 29.7 Å². The van der Waals surface area contributed by atoms with Crippen molar-refractivity contribution in [1.29, 1.82) is 0 Å². The Morgan fingerprint density at radius 3 is 2.73 bits per heavy atom. The van der Waals surface area contributed by atoms with E-state index in [1.165, 1.54) is 34.4 Å². The highest BCUT2D eigenvalue weighted by Gasteiger charge is 2.53. The Morgan fingerprint density at radius 2 is 1.88 bits per heavy atom. The van der Waals surface area contributed by atoms with Crippen LogP contribution in [0.15, 0.2) is 30.0 Å². The molecule has 0 radical (unpaired) electrons. The lowest BCUT2D eigenvalue weighted by Gasteiger charge is -2.25. The lowest BCUT2D eigenvalue weighted by Crippen LogP contribution is -2.34. The molecule has 3 saturated heterocycles. The zero-order valence-electron chi connectivity index (χ0n) is 20.5. The number of fused-ring (bicyclic) bond motifs is 5. The van der Waals surface area contributed by atoms with E-state index in [0.717, 1.165) is 0 Å². The molecule has 9 atom stereocenters. The van der Waals surface area contributed by atoms with Crippen molar-refractivity contribution in [2.45, 2.75) is 55.8 Å². The maximum atomic E-state index is 13.0. The summed E-state index contributed by atoms with van der Waals surface area (Å²) in [6.45, 7) is -0.392. The predicted octanol–water partition coefficient (Wildman–Crippen LogP) is -1.03. The summed E-state index contributed by atoms with van der Waals surface area (Å²) in [4.78, 5) is 41.6. The highest BCUT2D eigenvalue weighted by atomic mass is 31.2. The smallest absolute Gasteiger partial charge is 0.388 e. The average Bonchev–Trinajstić information content (AvgIpc) is 3.67. The maximum Gasteiger partial charge on any atom is 0.472 e. The Labute approximate surface area is 223 Å². The highest BCUT2D eigenvalue weighted by molar-refractivity contribution is 7.47. The molecule has 3 aliphatic rings. The lowest BCUT2D eigenvalue weighted by atomic mass is 9.90. The molecule has 212 valence electrons. The second-order valence-corrected chi connectivity index (χ2v) is 11.2. The molecule has 3 fully saturated rings. The van der Waals surface area contributed by atoms with E-state index < -0.39 is 68.9 Å². The summed E-state index contributed by atoms with van der Waals surface area (Å²) in [6.07, 6.45) is -2.11. The van der Waals surface area contributed by atoms with Crippen LogP contribution in [0.4, 0.5) is 5.82 Å². The summed E-state index contributed by atoms with van der Waals surface area (Å²) >= 11 is 0. The van der Waals surface area contributed by atoms with Gasteiger partial charge in [-0.1, -0.05) is 0 Å². The number of hydrogen-bond acceptors (Lipinski definition) is 14. The van der Waals surface area contributed by atoms with Crippen LogP contribution < -0.4 is 11.3 Å². The molecule has 6 N–H and O–H groups in total. The summed E-state index contributed by atoms with van der Waals surface area (Å²) in [6, 6.07) is 0. The van der Waals surface area contributed by atoms with Crippen LogP contribution in [-0.2, 0) is 23.1 Å². The van der Waals surface area contributed by atoms with Crippen LogP contribution in [-0.4, -0.2) is 91.5 Å². The predicted molar refractivity (Wildman–Crippen MR) is 131 cm³/mol. The van der Waals surface area contributed by atoms with Crippen LogP contribution in [0.1, 0.15) is 25.3 Å². The second-order valence-electron chi connectivity index (χ2n) is 9.83. The maximum absolute atomic E-state index is 13.0. The van der Waals surface area contributed by atoms with Crippen molar-refractivity contribution >= 4 is 35.8 Å². The number of nitrogen functional groups attached to an aromatic ring is 1. The largest absolute Gasteiger partial charge is 0.472 e. The number of phosphoric acid groups is 1. The van der Waals surface area contributed by atoms with Gasteiger partial charge in [0.05, 0.1) is 37.7 Å². The van der Waals surface area contributed by atoms with Gasteiger partial charge in [-0.25, -0.2) is 29.2 Å². The molecule has 2 bridgehead atoms. The number of aromatic amines is 1. The van der Waals surface area contributed by atoms with Crippen molar-refractivity contribution in [2.75, 3.05) is 12.3 Å². The van der Waals surface area contributed by atoms with Crippen molar-refractivity contribution < 1.29 is 38.2 Å². The Morgan fingerprint density at radius 1 is 1.05 bits per heavy atom. The normalized spacial score (nSPS) is 36.6. The quantitative estimate of drug-likeness (QED) is 0.179. The van der Waals surface area contributed by atoms with E-state index >= 15 is 0 Å². The summed E-state index contributed by atoms with van der Waals surface area (Å²) < 4.78 is 38.6. The van der Waals surface area contributed by atoms with Crippen molar-refractivity contribution in [3.63, 3.8) is 0 Å². The topological polar surface area (TPSA) is 248 Å². The van der Waals surface area contributed by atoms with Crippen LogP contribution >= 0.6 is 7.82 Å². The second kappa shape index (κ2) is 9.35. The van der Waals surface area contributed by atoms with Gasteiger partial charge in [-0.2, -0.15) is 5.10 Å². The molecule has 40 heavy (non-hydrogen) atoms. The Bertz CT molecular complexity index is 1690. The first-order chi connectivity index (χ1) is 19.2. The molecular formula is C21H24N9O9P. The Hall–Kier alpha value is -3.35. The number of aliphatic hydroxyl groups is 2. The third-order valence-electron chi connectivity index (χ3n) is 7.58. The highest BCUT2D eigenvalue weighted by Crippen LogP contribution is 2.52. The number of nitrogens with one attached hydrogen (secondary N) is 1. The van der Waals surface area contributed by atoms with Gasteiger partial charge in [-0.3, -0.25) is 18.4 Å². The minimum Gasteiger partial charge on any atom is -0.388 e. The number of rotatable bonds is 2. The molecule has 2 unspecified atom stereocenters. The summed E-state index contributed by atoms with van der Waals surface area (Å²) in [7, 11) is -4.80. The van der Waals surface area contributed by atoms with Crippen molar-refractivity contribution in [3.8, 4) is 0 Å². The molecule has 0 amide bonds. The van der Waals surface area contributed by atoms with Crippen LogP contribution in [0.5, 0.6) is 0 Å². The molecular weight excluding hydrogens is 553 g/mol. The third-order valence-corrected chi connectivity index (χ3v) is 8.56. The van der Waals surface area contributed by atoms with Crippen molar-refractivity contribution in [1.82, 2.24) is 39.3 Å². The number of phosphoric ester groups is 1. The molecule has 4 aromatic rings. The first-order valence-corrected chi connectivity index (χ1v) is 13.9. The molecule has 3 aliphatic heterocycles. The first kappa shape index (κ1) is 25.6. The molecule has 7 heterocycles. The number of nitrogens with two attached hydrogens (primary N) is 1. The third kappa shape index (κ3) is 4.03. The minimum atomic E-state index is -4.80. The van der Waals surface area contributed by atoms with Crippen LogP contribution in [0, 0.1) is 5.92 Å². The van der Waals surface area contributed by atoms with Gasteiger partial charge in [-0.05, 0) is 12.8 Å². The van der Waals surface area contributed by atoms with Gasteiger partial charge >= 0.3 is 7.82 Å². The fourth-order valence-corrected chi connectivity index (χ4v) is 6.57. The van der Waals surface area contributed by atoms with E-state index in [9.17, 15) is 24.5 Å². The molecule has 18 nitrogen and oxygen atoms in total. The number of hydrogen-bond donors (Lipinski definition) is 5. The number of aliphatic hydroxyl groups excluding tert-OH is 2. The van der Waals surface area contributed by atoms with Crippen LogP contribution in [0.25, 0.3) is 22.2 Å². The van der Waals surface area contributed by atoms with E-state index in [2.05, 4.69) is 30.0 Å². The molecule has 7 rings (SSSR count).